The fraction of sp³-hybridized carbons (Fsp3) is 0.625. The number of thiophene rings is 1. The Hall–Kier alpha value is -2.14. The molecule has 1 aromatic carbocycles. The molecule has 1 aliphatic carbocycles. The van der Waals surface area contributed by atoms with Crippen LogP contribution in [0.3, 0.4) is 0 Å². The number of ketones is 2. The molecule has 0 N–H and O–H groups in total. The SMILES string of the molecule is CCCCCCOc1cc2c(cc1OCCCCCC)C(=O)c1c(C(C)(C)C)sc(C(C)(C)C)c1C2=O. The van der Waals surface area contributed by atoms with Crippen LogP contribution in [0.4, 0.5) is 0 Å². The van der Waals surface area contributed by atoms with Gasteiger partial charge in [0.05, 0.1) is 13.2 Å². The molecule has 2 aromatic rings. The molecule has 37 heavy (non-hydrogen) atoms. The molecule has 3 rings (SSSR count). The molecule has 0 fully saturated rings. The minimum absolute atomic E-state index is 0.0772. The molecule has 1 aliphatic rings. The van der Waals surface area contributed by atoms with Crippen LogP contribution in [0.1, 0.15) is 148 Å². The molecule has 0 radical (unpaired) electrons. The molecule has 204 valence electrons. The average Bonchev–Trinajstić information content (AvgIpc) is 3.25. The quantitative estimate of drug-likeness (QED) is 0.221. The molecule has 0 amide bonds. The number of hydrogen-bond acceptors (Lipinski definition) is 5. The number of carbonyl (C=O) groups is 2. The second-order valence-electron chi connectivity index (χ2n) is 12.3. The first-order valence-corrected chi connectivity index (χ1v) is 14.9. The molecule has 0 saturated carbocycles. The summed E-state index contributed by atoms with van der Waals surface area (Å²) in [5.74, 6) is 0.982. The van der Waals surface area contributed by atoms with Crippen LogP contribution in [-0.2, 0) is 10.8 Å². The van der Waals surface area contributed by atoms with Crippen molar-refractivity contribution in [3.05, 3.63) is 44.1 Å². The highest BCUT2D eigenvalue weighted by molar-refractivity contribution is 7.13. The number of ether oxygens (including phenoxy) is 2. The van der Waals surface area contributed by atoms with Crippen molar-refractivity contribution in [2.24, 2.45) is 0 Å². The van der Waals surface area contributed by atoms with Gasteiger partial charge in [0.2, 0.25) is 0 Å². The van der Waals surface area contributed by atoms with E-state index in [2.05, 4.69) is 55.4 Å². The van der Waals surface area contributed by atoms with Gasteiger partial charge in [-0.3, -0.25) is 9.59 Å². The van der Waals surface area contributed by atoms with Crippen molar-refractivity contribution in [3.8, 4) is 11.5 Å². The first-order chi connectivity index (χ1) is 17.4. The summed E-state index contributed by atoms with van der Waals surface area (Å²) < 4.78 is 12.3. The summed E-state index contributed by atoms with van der Waals surface area (Å²) in [6.45, 7) is 18.2. The molecule has 0 spiro atoms. The van der Waals surface area contributed by atoms with Crippen LogP contribution in [0, 0.1) is 0 Å². The van der Waals surface area contributed by atoms with Gasteiger partial charge in [-0.2, -0.15) is 0 Å². The molecule has 1 heterocycles. The van der Waals surface area contributed by atoms with Crippen LogP contribution >= 0.6 is 11.3 Å². The van der Waals surface area contributed by atoms with Gasteiger partial charge < -0.3 is 9.47 Å². The maximum absolute atomic E-state index is 14.0. The van der Waals surface area contributed by atoms with Gasteiger partial charge in [0, 0.05) is 32.0 Å². The van der Waals surface area contributed by atoms with Crippen LogP contribution < -0.4 is 9.47 Å². The minimum atomic E-state index is -0.244. The molecule has 0 atom stereocenters. The predicted octanol–water partition coefficient (Wildman–Crippen LogP) is 9.04. The van der Waals surface area contributed by atoms with Gasteiger partial charge in [-0.25, -0.2) is 0 Å². The smallest absolute Gasteiger partial charge is 0.195 e. The Bertz CT molecular complexity index is 1030. The van der Waals surface area contributed by atoms with Gasteiger partial charge in [0.15, 0.2) is 23.1 Å². The fourth-order valence-electron chi connectivity index (χ4n) is 4.77. The number of rotatable bonds is 12. The summed E-state index contributed by atoms with van der Waals surface area (Å²) in [6, 6.07) is 3.53. The van der Waals surface area contributed by atoms with Gasteiger partial charge >= 0.3 is 0 Å². The highest BCUT2D eigenvalue weighted by atomic mass is 32.1. The zero-order valence-corrected chi connectivity index (χ0v) is 25.1. The Balaban J connectivity index is 2.05. The predicted molar refractivity (Wildman–Crippen MR) is 154 cm³/mol. The van der Waals surface area contributed by atoms with E-state index in [1.165, 1.54) is 12.8 Å². The molecule has 0 unspecified atom stereocenters. The third kappa shape index (κ3) is 6.66. The third-order valence-corrected chi connectivity index (χ3v) is 8.85. The van der Waals surface area contributed by atoms with E-state index in [1.54, 1.807) is 23.5 Å². The lowest BCUT2D eigenvalue weighted by atomic mass is 9.77. The molecular weight excluding hydrogens is 480 g/mol. The fourth-order valence-corrected chi connectivity index (χ4v) is 6.18. The largest absolute Gasteiger partial charge is 0.490 e. The van der Waals surface area contributed by atoms with Gasteiger partial charge in [0.25, 0.3) is 0 Å². The van der Waals surface area contributed by atoms with Crippen LogP contribution in [0.5, 0.6) is 11.5 Å². The zero-order valence-electron chi connectivity index (χ0n) is 24.3. The number of fused-ring (bicyclic) bond motifs is 2. The van der Waals surface area contributed by atoms with Crippen LogP contribution in [0.25, 0.3) is 0 Å². The lowest BCUT2D eigenvalue weighted by Gasteiger charge is -2.24. The number of carbonyl (C=O) groups excluding carboxylic acids is 2. The van der Waals surface area contributed by atoms with Gasteiger partial charge in [-0.05, 0) is 35.8 Å². The topological polar surface area (TPSA) is 52.6 Å². The second kappa shape index (κ2) is 12.1. The number of hydrogen-bond donors (Lipinski definition) is 0. The highest BCUT2D eigenvalue weighted by Crippen LogP contribution is 2.47. The molecule has 4 nitrogen and oxygen atoms in total. The van der Waals surface area contributed by atoms with Crippen LogP contribution in [0.15, 0.2) is 12.1 Å². The molecule has 0 bridgehead atoms. The van der Waals surface area contributed by atoms with Crippen LogP contribution in [0.2, 0.25) is 0 Å². The molecule has 1 aromatic heterocycles. The Kier molecular flexibility index (Phi) is 9.66. The van der Waals surface area contributed by atoms with E-state index < -0.39 is 0 Å². The molecular formula is C32H46O4S. The number of benzene rings is 1. The molecule has 5 heteroatoms. The monoisotopic (exact) mass is 526 g/mol. The maximum Gasteiger partial charge on any atom is 0.195 e. The second-order valence-corrected chi connectivity index (χ2v) is 13.4. The summed E-state index contributed by atoms with van der Waals surface area (Å²) in [5, 5.41) is 0. The Morgan fingerprint density at radius 3 is 1.32 bits per heavy atom. The minimum Gasteiger partial charge on any atom is -0.490 e. The van der Waals surface area contributed by atoms with Crippen molar-refractivity contribution in [2.45, 2.75) is 118 Å². The van der Waals surface area contributed by atoms with Crippen molar-refractivity contribution in [1.82, 2.24) is 0 Å². The summed E-state index contributed by atoms with van der Waals surface area (Å²) >= 11 is 1.61. The van der Waals surface area contributed by atoms with E-state index in [0.29, 0.717) is 47.0 Å². The van der Waals surface area contributed by atoms with Gasteiger partial charge in [0.1, 0.15) is 0 Å². The Labute approximate surface area is 228 Å². The lowest BCUT2D eigenvalue weighted by molar-refractivity contribution is 0.0976. The lowest BCUT2D eigenvalue weighted by Crippen LogP contribution is -2.26. The Morgan fingerprint density at radius 2 is 1.00 bits per heavy atom. The van der Waals surface area contributed by atoms with E-state index in [4.69, 9.17) is 9.47 Å². The van der Waals surface area contributed by atoms with Gasteiger partial charge in [-0.15, -0.1) is 11.3 Å². The van der Waals surface area contributed by atoms with E-state index in [1.807, 2.05) is 0 Å². The van der Waals surface area contributed by atoms with E-state index in [-0.39, 0.29) is 22.4 Å². The van der Waals surface area contributed by atoms with Crippen molar-refractivity contribution < 1.29 is 19.1 Å². The summed E-state index contributed by atoms with van der Waals surface area (Å²) in [5.41, 5.74) is 1.55. The summed E-state index contributed by atoms with van der Waals surface area (Å²) in [6.07, 6.45) is 8.79. The molecule has 0 aliphatic heterocycles. The zero-order chi connectivity index (χ0) is 27.4. The average molecular weight is 527 g/mol. The third-order valence-electron chi connectivity index (χ3n) is 6.81. The van der Waals surface area contributed by atoms with Crippen molar-refractivity contribution in [2.75, 3.05) is 13.2 Å². The van der Waals surface area contributed by atoms with Crippen molar-refractivity contribution >= 4 is 22.9 Å². The van der Waals surface area contributed by atoms with Crippen molar-refractivity contribution in [1.29, 1.82) is 0 Å². The van der Waals surface area contributed by atoms with E-state index >= 15 is 0 Å². The summed E-state index contributed by atoms with van der Waals surface area (Å²) in [4.78, 5) is 30.0. The van der Waals surface area contributed by atoms with Crippen molar-refractivity contribution in [3.63, 3.8) is 0 Å². The maximum atomic E-state index is 14.0. The normalized spacial score (nSPS) is 13.5. The first kappa shape index (κ1) is 29.4. The first-order valence-electron chi connectivity index (χ1n) is 14.1. The standard InChI is InChI=1S/C32H46O4S/c1-9-11-13-15-17-35-23-19-21-22(20-24(23)36-18-16-14-12-10-2)28(34)26-25(27(21)33)29(31(3,4)5)37-30(26)32(6,7)8/h19-20H,9-18H2,1-8H3. The molecule has 0 saturated heterocycles. The Morgan fingerprint density at radius 1 is 0.622 bits per heavy atom. The number of unbranched alkanes of at least 4 members (excludes halogenated alkanes) is 6. The highest BCUT2D eigenvalue weighted by Gasteiger charge is 2.41. The van der Waals surface area contributed by atoms with Gasteiger partial charge in [-0.1, -0.05) is 93.9 Å². The van der Waals surface area contributed by atoms with Crippen LogP contribution in [-0.4, -0.2) is 24.8 Å². The summed E-state index contributed by atoms with van der Waals surface area (Å²) in [7, 11) is 0. The van der Waals surface area contributed by atoms with E-state index in [9.17, 15) is 9.59 Å². The van der Waals surface area contributed by atoms with E-state index in [0.717, 1.165) is 48.3 Å².